The second kappa shape index (κ2) is 13.1. The van der Waals surface area contributed by atoms with Gasteiger partial charge in [-0.2, -0.15) is 0 Å². The van der Waals surface area contributed by atoms with E-state index in [1.807, 2.05) is 0 Å². The molecule has 0 saturated carbocycles. The molecule has 70 heavy (non-hydrogen) atoms. The lowest BCUT2D eigenvalue weighted by atomic mass is 9.34. The first kappa shape index (κ1) is 44.4. The fourth-order valence-electron chi connectivity index (χ4n) is 13.7. The number of nitrogens with zero attached hydrogens (tertiary/aromatic N) is 2. The molecule has 2 nitrogen and oxygen atoms in total. The first-order valence-electron chi connectivity index (χ1n) is 26.3. The maximum Gasteiger partial charge on any atom is 0.252 e. The molecular weight excluding hydrogens is 860 g/mol. The molecule has 0 N–H and O–H groups in total. The van der Waals surface area contributed by atoms with Crippen molar-refractivity contribution in [1.82, 2.24) is 9.13 Å². The van der Waals surface area contributed by atoms with Crippen molar-refractivity contribution in [2.24, 2.45) is 0 Å². The Morgan fingerprint density at radius 2 is 0.857 bits per heavy atom. The molecule has 7 aromatic carbocycles. The highest BCUT2D eigenvalue weighted by atomic mass is 28.3. The number of rotatable bonds is 0. The smallest absolute Gasteiger partial charge is 0.252 e. The van der Waals surface area contributed by atoms with Crippen LogP contribution in [0.3, 0.4) is 0 Å². The average Bonchev–Trinajstić information content (AvgIpc) is 3.88. The highest BCUT2D eigenvalue weighted by molar-refractivity contribution is 7.24. The minimum atomic E-state index is -3.06. The molecule has 0 fully saturated rings. The fourth-order valence-corrected chi connectivity index (χ4v) is 19.3. The van der Waals surface area contributed by atoms with Gasteiger partial charge in [0.25, 0.3) is 6.71 Å². The van der Waals surface area contributed by atoms with Crippen LogP contribution in [0, 0.1) is 0 Å². The predicted molar refractivity (Wildman–Crippen MR) is 308 cm³/mol. The van der Waals surface area contributed by atoms with E-state index in [1.165, 1.54) is 116 Å². The molecule has 2 aromatic heterocycles. The van der Waals surface area contributed by atoms with E-state index in [0.29, 0.717) is 0 Å². The van der Waals surface area contributed by atoms with E-state index in [2.05, 4.69) is 237 Å². The zero-order valence-corrected chi connectivity index (χ0v) is 46.3. The van der Waals surface area contributed by atoms with Crippen LogP contribution in [0.1, 0.15) is 158 Å². The van der Waals surface area contributed by atoms with E-state index < -0.39 is 8.07 Å². The Kier molecular flexibility index (Phi) is 8.29. The summed E-state index contributed by atoms with van der Waals surface area (Å²) < 4.78 is 5.56. The summed E-state index contributed by atoms with van der Waals surface area (Å²) in [6.07, 6.45) is 0. The number of aromatic nitrogens is 2. The van der Waals surface area contributed by atoms with Gasteiger partial charge in [-0.25, -0.2) is 0 Å². The first-order chi connectivity index (χ1) is 32.5. The minimum Gasteiger partial charge on any atom is -0.310 e. The van der Waals surface area contributed by atoms with Crippen LogP contribution >= 0.6 is 0 Å². The molecule has 0 bridgehead atoms. The van der Waals surface area contributed by atoms with Crippen molar-refractivity contribution >= 4 is 95.5 Å². The maximum absolute atomic E-state index is 3.06. The number of hydrogen-bond donors (Lipinski definition) is 0. The number of hydrogen-bond acceptors (Lipinski definition) is 0. The zero-order chi connectivity index (χ0) is 49.7. The minimum absolute atomic E-state index is 0.00969. The zero-order valence-electron chi connectivity index (χ0n) is 45.3. The molecule has 0 radical (unpaired) electrons. The van der Waals surface area contributed by atoms with Gasteiger partial charge in [-0.1, -0.05) is 197 Å². The predicted octanol–water partition coefficient (Wildman–Crippen LogP) is 12.5. The van der Waals surface area contributed by atoms with Gasteiger partial charge < -0.3 is 9.13 Å². The monoisotopic (exact) mass is 931 g/mol. The van der Waals surface area contributed by atoms with E-state index in [9.17, 15) is 0 Å². The summed E-state index contributed by atoms with van der Waals surface area (Å²) in [6.45, 7) is 43.3. The van der Waals surface area contributed by atoms with Gasteiger partial charge in [0.05, 0.1) is 11.0 Å². The van der Waals surface area contributed by atoms with Crippen molar-refractivity contribution in [3.8, 4) is 22.5 Å². The van der Waals surface area contributed by atoms with Crippen molar-refractivity contribution in [2.45, 2.75) is 157 Å². The average molecular weight is 931 g/mol. The molecule has 4 heteroatoms. The summed E-state index contributed by atoms with van der Waals surface area (Å²) in [6, 6.07) is 43.7. The molecule has 0 amide bonds. The molecule has 352 valence electrons. The quantitative estimate of drug-likeness (QED) is 0.134. The highest BCUT2D eigenvalue weighted by Gasteiger charge is 2.57. The first-order valence-corrected chi connectivity index (χ1v) is 28.3. The van der Waals surface area contributed by atoms with Crippen molar-refractivity contribution in [1.29, 1.82) is 0 Å². The molecule has 13 rings (SSSR count). The third-order valence-electron chi connectivity index (χ3n) is 17.6. The molecule has 0 aliphatic carbocycles. The molecule has 0 atom stereocenters. The van der Waals surface area contributed by atoms with Crippen LogP contribution in [-0.2, 0) is 32.5 Å². The topological polar surface area (TPSA) is 9.86 Å². The van der Waals surface area contributed by atoms with Gasteiger partial charge in [0.2, 0.25) is 0 Å². The molecule has 0 saturated heterocycles. The summed E-state index contributed by atoms with van der Waals surface area (Å²) in [7, 11) is -3.06. The Balaban J connectivity index is 1.31. The Bertz CT molecular complexity index is 3820. The Hall–Kier alpha value is -5.58. The van der Waals surface area contributed by atoms with Crippen LogP contribution in [0.2, 0.25) is 0 Å². The van der Waals surface area contributed by atoms with E-state index in [0.717, 1.165) is 0 Å². The van der Waals surface area contributed by atoms with E-state index in [-0.39, 0.29) is 39.2 Å². The second-order valence-corrected chi connectivity index (χ2v) is 32.0. The Morgan fingerprint density at radius 1 is 0.386 bits per heavy atom. The van der Waals surface area contributed by atoms with E-state index in [4.69, 9.17) is 0 Å². The molecule has 6 heterocycles. The van der Waals surface area contributed by atoms with E-state index in [1.54, 1.807) is 20.7 Å². The van der Waals surface area contributed by atoms with Gasteiger partial charge in [0, 0.05) is 44.0 Å². The van der Waals surface area contributed by atoms with Crippen molar-refractivity contribution in [2.75, 3.05) is 0 Å². The lowest BCUT2D eigenvalue weighted by Gasteiger charge is -2.43. The van der Waals surface area contributed by atoms with Gasteiger partial charge >= 0.3 is 0 Å². The summed E-state index contributed by atoms with van der Waals surface area (Å²) in [5, 5.41) is 11.8. The molecule has 0 unspecified atom stereocenters. The summed E-state index contributed by atoms with van der Waals surface area (Å²) in [5.41, 5.74) is 23.9. The standard InChI is InChI=1S/C66H71BN2Si/c1-61(2,3)36-22-25-51-41(28-36)42-29-37(62(4,5)6)23-26-52(42)70(51)53-27-24-50-56-60(53)69-57-43(44-31-40(65(13,14)15)35-54(70)59(44)69)30-38(63(7,8)9)33-47(57)67(56)48-34-39(64(10,11)12)32-45-55-46(66(16,17)18)20-19-21-49(55)68(50)58(45)48/h19-35H,1-18H3. The summed E-state index contributed by atoms with van der Waals surface area (Å²) in [4.78, 5) is 0. The van der Waals surface area contributed by atoms with Crippen LogP contribution in [-0.4, -0.2) is 23.9 Å². The third kappa shape index (κ3) is 5.47. The molecular formula is C66H71BN2Si. The normalized spacial score (nSPS) is 15.7. The number of benzene rings is 7. The van der Waals surface area contributed by atoms with Crippen LogP contribution in [0.15, 0.2) is 103 Å². The summed E-state index contributed by atoms with van der Waals surface area (Å²) in [5.74, 6) is 0. The fraction of sp³-hybridized carbons (Fsp3) is 0.364. The molecule has 4 aliphatic heterocycles. The lowest BCUT2D eigenvalue weighted by Crippen LogP contribution is -2.77. The highest BCUT2D eigenvalue weighted by Crippen LogP contribution is 2.47. The lowest BCUT2D eigenvalue weighted by molar-refractivity contribution is 0.589. The van der Waals surface area contributed by atoms with Gasteiger partial charge in [0.15, 0.2) is 8.07 Å². The van der Waals surface area contributed by atoms with Gasteiger partial charge in [-0.3, -0.25) is 0 Å². The van der Waals surface area contributed by atoms with Crippen molar-refractivity contribution < 1.29 is 0 Å². The summed E-state index contributed by atoms with van der Waals surface area (Å²) >= 11 is 0. The van der Waals surface area contributed by atoms with Crippen LogP contribution in [0.5, 0.6) is 0 Å². The SMILES string of the molecule is CC(C)(C)c1ccc2c(c1)-c1cc(C(C)(C)C)ccc1[Si]21c2ccc3c4c2-n2c5c(cc(C(C)(C)C)cc5c5cc(C(C)(C)C)cc1c52)B4c1cc(C(C)(C)C)cc2c4c(C(C)(C)C)cccc4n-3c12. The second-order valence-electron chi connectivity index (χ2n) is 28.3. The van der Waals surface area contributed by atoms with Gasteiger partial charge in [-0.15, -0.1) is 0 Å². The maximum atomic E-state index is 2.84. The van der Waals surface area contributed by atoms with Crippen LogP contribution < -0.4 is 37.1 Å². The van der Waals surface area contributed by atoms with Crippen molar-refractivity contribution in [3.63, 3.8) is 0 Å². The van der Waals surface area contributed by atoms with Crippen LogP contribution in [0.25, 0.3) is 66.1 Å². The van der Waals surface area contributed by atoms with Crippen molar-refractivity contribution in [3.05, 3.63) is 137 Å². The number of fused-ring (bicyclic) bond motifs is 14. The molecule has 9 aromatic rings. The largest absolute Gasteiger partial charge is 0.310 e. The van der Waals surface area contributed by atoms with E-state index >= 15 is 0 Å². The van der Waals surface area contributed by atoms with Crippen LogP contribution in [0.4, 0.5) is 0 Å². The molecule has 1 spiro atoms. The third-order valence-corrected chi connectivity index (χ3v) is 22.4. The molecule has 4 aliphatic rings. The van der Waals surface area contributed by atoms with Gasteiger partial charge in [-0.05, 0) is 144 Å². The Morgan fingerprint density at radius 3 is 1.37 bits per heavy atom. The Labute approximate surface area is 418 Å². The van der Waals surface area contributed by atoms with Gasteiger partial charge in [0.1, 0.15) is 0 Å².